The van der Waals surface area contributed by atoms with Crippen molar-refractivity contribution in [2.75, 3.05) is 51.5 Å². The van der Waals surface area contributed by atoms with Gasteiger partial charge in [0.05, 0.1) is 16.7 Å². The Morgan fingerprint density at radius 1 is 1.18 bits per heavy atom. The summed E-state index contributed by atoms with van der Waals surface area (Å²) in [6.45, 7) is 9.04. The van der Waals surface area contributed by atoms with E-state index in [2.05, 4.69) is 16.8 Å². The molecule has 38 heavy (non-hydrogen) atoms. The van der Waals surface area contributed by atoms with Crippen molar-refractivity contribution in [3.63, 3.8) is 0 Å². The molecule has 5 rings (SSSR count). The van der Waals surface area contributed by atoms with Crippen molar-refractivity contribution in [1.29, 1.82) is 0 Å². The molecule has 1 fully saturated rings. The Morgan fingerprint density at radius 2 is 1.92 bits per heavy atom. The quantitative estimate of drug-likeness (QED) is 0.436. The van der Waals surface area contributed by atoms with Gasteiger partial charge in [-0.15, -0.1) is 0 Å². The topological polar surface area (TPSA) is 88.1 Å². The summed E-state index contributed by atoms with van der Waals surface area (Å²) >= 11 is 6.01. The third kappa shape index (κ3) is 4.90. The van der Waals surface area contributed by atoms with E-state index in [1.54, 1.807) is 19.4 Å². The van der Waals surface area contributed by atoms with Crippen LogP contribution in [0.4, 0.5) is 19.4 Å². The molecule has 1 aromatic carbocycles. The number of carbonyl (C=O) groups excluding carboxylic acids is 1. The van der Waals surface area contributed by atoms with Crippen LogP contribution in [0, 0.1) is 11.6 Å². The van der Waals surface area contributed by atoms with Gasteiger partial charge in [0.2, 0.25) is 5.75 Å². The lowest BCUT2D eigenvalue weighted by molar-refractivity contribution is 0.117. The Kier molecular flexibility index (Phi) is 7.45. The minimum Gasteiger partial charge on any atom is -0.478 e. The number of pyridine rings is 1. The molecule has 4 heterocycles. The van der Waals surface area contributed by atoms with E-state index >= 15 is 0 Å². The largest absolute Gasteiger partial charge is 0.478 e. The van der Waals surface area contributed by atoms with Crippen LogP contribution in [0.15, 0.2) is 35.1 Å². The number of fused-ring (bicyclic) bond motifs is 1. The van der Waals surface area contributed by atoms with E-state index in [-0.39, 0.29) is 28.2 Å². The molecule has 0 bridgehead atoms. The second kappa shape index (κ2) is 10.8. The average Bonchev–Trinajstić information content (AvgIpc) is 3.37. The lowest BCUT2D eigenvalue weighted by Gasteiger charge is -2.38. The second-order valence-corrected chi connectivity index (χ2v) is 9.89. The van der Waals surface area contributed by atoms with E-state index in [0.29, 0.717) is 30.5 Å². The first-order chi connectivity index (χ1) is 18.3. The third-order valence-corrected chi connectivity index (χ3v) is 7.68. The van der Waals surface area contributed by atoms with Crippen LogP contribution < -0.4 is 10.5 Å². The first-order valence-corrected chi connectivity index (χ1v) is 13.1. The van der Waals surface area contributed by atoms with Crippen molar-refractivity contribution in [2.24, 2.45) is 0 Å². The summed E-state index contributed by atoms with van der Waals surface area (Å²) in [6, 6.07) is 2.02. The zero-order chi connectivity index (χ0) is 27.0. The SMILES string of the molecule is CCN1CCN(C(=O)N2CC=C(c3coc4c(O[C@H](C)c5c(F)ccc(F)c5Cl)c(N)ncc34)CC2)CC1. The average molecular weight is 546 g/mol. The van der Waals surface area contributed by atoms with Crippen LogP contribution in [0.5, 0.6) is 5.75 Å². The smallest absolute Gasteiger partial charge is 0.320 e. The molecule has 202 valence electrons. The molecular weight excluding hydrogens is 516 g/mol. The number of hydrogen-bond acceptors (Lipinski definition) is 6. The monoisotopic (exact) mass is 545 g/mol. The predicted octanol–water partition coefficient (Wildman–Crippen LogP) is 5.33. The molecular formula is C27H30ClF2N5O3. The molecule has 0 aliphatic carbocycles. The number of aromatic nitrogens is 1. The first-order valence-electron chi connectivity index (χ1n) is 12.7. The summed E-state index contributed by atoms with van der Waals surface area (Å²) in [4.78, 5) is 23.4. The number of hydrogen-bond donors (Lipinski definition) is 1. The second-order valence-electron chi connectivity index (χ2n) is 9.51. The molecule has 3 aromatic rings. The summed E-state index contributed by atoms with van der Waals surface area (Å²) in [5, 5.41) is 0.323. The number of rotatable bonds is 5. The Bertz CT molecular complexity index is 1390. The zero-order valence-corrected chi connectivity index (χ0v) is 22.1. The molecule has 0 saturated carbocycles. The van der Waals surface area contributed by atoms with Gasteiger partial charge in [-0.25, -0.2) is 18.6 Å². The number of likely N-dealkylation sites (N-methyl/N-ethyl adjacent to an activating group) is 1. The highest BCUT2D eigenvalue weighted by Gasteiger charge is 2.28. The summed E-state index contributed by atoms with van der Waals surface area (Å²) < 4.78 is 40.2. The van der Waals surface area contributed by atoms with E-state index in [0.717, 1.165) is 56.0 Å². The molecule has 2 N–H and O–H groups in total. The van der Waals surface area contributed by atoms with E-state index < -0.39 is 17.7 Å². The van der Waals surface area contributed by atoms with Crippen LogP contribution >= 0.6 is 11.6 Å². The van der Waals surface area contributed by atoms with Crippen LogP contribution in [0.3, 0.4) is 0 Å². The van der Waals surface area contributed by atoms with Crippen LogP contribution in [-0.2, 0) is 0 Å². The molecule has 2 aliphatic rings. The molecule has 1 atom stereocenters. The van der Waals surface area contributed by atoms with Gasteiger partial charge in [0.25, 0.3) is 0 Å². The summed E-state index contributed by atoms with van der Waals surface area (Å²) in [5.74, 6) is -1.26. The van der Waals surface area contributed by atoms with Crippen LogP contribution in [0.25, 0.3) is 16.5 Å². The number of nitrogens with zero attached hydrogens (tertiary/aromatic N) is 4. The van der Waals surface area contributed by atoms with E-state index in [1.165, 1.54) is 0 Å². The number of nitrogens with two attached hydrogens (primary N) is 1. The van der Waals surface area contributed by atoms with Gasteiger partial charge < -0.3 is 29.6 Å². The van der Waals surface area contributed by atoms with E-state index in [1.807, 2.05) is 15.9 Å². The van der Waals surface area contributed by atoms with Gasteiger partial charge in [-0.3, -0.25) is 0 Å². The van der Waals surface area contributed by atoms with Gasteiger partial charge in [0.15, 0.2) is 11.4 Å². The van der Waals surface area contributed by atoms with Crippen molar-refractivity contribution in [3.05, 3.63) is 58.5 Å². The molecule has 0 unspecified atom stereocenters. The minimum absolute atomic E-state index is 0.0516. The molecule has 1 saturated heterocycles. The zero-order valence-electron chi connectivity index (χ0n) is 21.3. The molecule has 0 radical (unpaired) electrons. The van der Waals surface area contributed by atoms with Crippen LogP contribution in [-0.4, -0.2) is 71.5 Å². The van der Waals surface area contributed by atoms with Crippen molar-refractivity contribution in [2.45, 2.75) is 26.4 Å². The van der Waals surface area contributed by atoms with Gasteiger partial charge >= 0.3 is 6.03 Å². The summed E-state index contributed by atoms with van der Waals surface area (Å²) in [7, 11) is 0. The van der Waals surface area contributed by atoms with Crippen molar-refractivity contribution in [3.8, 4) is 5.75 Å². The summed E-state index contributed by atoms with van der Waals surface area (Å²) in [6.07, 6.45) is 4.91. The first kappa shape index (κ1) is 26.2. The highest BCUT2D eigenvalue weighted by atomic mass is 35.5. The highest BCUT2D eigenvalue weighted by molar-refractivity contribution is 6.31. The Hall–Kier alpha value is -3.37. The Balaban J connectivity index is 1.34. The lowest BCUT2D eigenvalue weighted by atomic mass is 9.99. The number of nitrogen functional groups attached to an aromatic ring is 1. The number of amides is 2. The molecule has 2 amide bonds. The maximum atomic E-state index is 14.4. The Labute approximate surface area is 224 Å². The number of benzene rings is 1. The molecule has 2 aromatic heterocycles. The predicted molar refractivity (Wildman–Crippen MR) is 142 cm³/mol. The molecule has 0 spiro atoms. The van der Waals surface area contributed by atoms with E-state index in [4.69, 9.17) is 26.5 Å². The number of furan rings is 1. The van der Waals surface area contributed by atoms with E-state index in [9.17, 15) is 13.6 Å². The van der Waals surface area contributed by atoms with Crippen LogP contribution in [0.1, 0.15) is 37.5 Å². The number of halogens is 3. The number of urea groups is 1. The normalized spacial score (nSPS) is 17.6. The fourth-order valence-corrected chi connectivity index (χ4v) is 5.34. The van der Waals surface area contributed by atoms with Crippen LogP contribution in [0.2, 0.25) is 5.02 Å². The molecule has 11 heteroatoms. The fraction of sp³-hybridized carbons (Fsp3) is 0.407. The Morgan fingerprint density at radius 3 is 2.61 bits per heavy atom. The third-order valence-electron chi connectivity index (χ3n) is 7.30. The van der Waals surface area contributed by atoms with Gasteiger partial charge in [-0.1, -0.05) is 24.6 Å². The van der Waals surface area contributed by atoms with Crippen molar-refractivity contribution < 1.29 is 22.7 Å². The van der Waals surface area contributed by atoms with Crippen molar-refractivity contribution in [1.82, 2.24) is 19.7 Å². The highest BCUT2D eigenvalue weighted by Crippen LogP contribution is 2.40. The lowest BCUT2D eigenvalue weighted by Crippen LogP contribution is -2.53. The number of piperazine rings is 1. The minimum atomic E-state index is -0.964. The van der Waals surface area contributed by atoms with Gasteiger partial charge in [0.1, 0.15) is 17.7 Å². The van der Waals surface area contributed by atoms with Crippen molar-refractivity contribution >= 4 is 40.0 Å². The number of carbonyl (C=O) groups is 1. The maximum absolute atomic E-state index is 14.4. The standard InChI is InChI=1S/C27H30ClF2N5O3/c1-3-33-10-12-35(13-11-33)27(36)34-8-6-17(7-9-34)19-15-37-24-18(19)14-32-26(31)25(24)38-16(2)22-20(29)4-5-21(30)23(22)28/h4-6,14-16H,3,7-13H2,1-2H3,(H2,31,32)/t16-/m1/s1. The number of anilines is 1. The van der Waals surface area contributed by atoms with Gasteiger partial charge in [-0.05, 0) is 37.6 Å². The molecule has 8 nitrogen and oxygen atoms in total. The fourth-order valence-electron chi connectivity index (χ4n) is 5.04. The summed E-state index contributed by atoms with van der Waals surface area (Å²) in [5.41, 5.74) is 8.16. The number of ether oxygens (including phenoxy) is 1. The maximum Gasteiger partial charge on any atom is 0.320 e. The van der Waals surface area contributed by atoms with Gasteiger partial charge in [0, 0.05) is 56.6 Å². The van der Waals surface area contributed by atoms with Gasteiger partial charge in [-0.2, -0.15) is 0 Å². The molecule has 2 aliphatic heterocycles.